The number of benzene rings is 2. The molecule has 0 saturated heterocycles. The van der Waals surface area contributed by atoms with Crippen LogP contribution < -0.4 is 9.47 Å². The van der Waals surface area contributed by atoms with E-state index in [4.69, 9.17) is 14.6 Å². The quantitative estimate of drug-likeness (QED) is 0.919. The third-order valence-corrected chi connectivity index (χ3v) is 2.82. The average molecular weight is 294 g/mol. The molecule has 0 amide bonds. The highest BCUT2D eigenvalue weighted by atomic mass is 19.1. The van der Waals surface area contributed by atoms with E-state index in [0.717, 1.165) is 12.1 Å². The molecule has 0 unspecified atom stereocenters. The minimum atomic E-state index is -1.19. The normalized spacial score (nSPS) is 10.2. The zero-order valence-corrected chi connectivity index (χ0v) is 11.1. The first-order valence-electron chi connectivity index (χ1n) is 6.00. The molecule has 0 saturated carbocycles. The smallest absolute Gasteiger partial charge is 0.339 e. The van der Waals surface area contributed by atoms with E-state index in [0.29, 0.717) is 0 Å². The SMILES string of the molecule is COc1cccc(C(=O)O)c1OCc1ccc(F)cc1F. The Hall–Kier alpha value is -2.63. The fraction of sp³-hybridized carbons (Fsp3) is 0.133. The van der Waals surface area contributed by atoms with Gasteiger partial charge in [-0.1, -0.05) is 6.07 Å². The fourth-order valence-electron chi connectivity index (χ4n) is 1.78. The summed E-state index contributed by atoms with van der Waals surface area (Å²) in [5.74, 6) is -2.43. The van der Waals surface area contributed by atoms with Gasteiger partial charge in [0.05, 0.1) is 7.11 Å². The van der Waals surface area contributed by atoms with Gasteiger partial charge < -0.3 is 14.6 Å². The van der Waals surface area contributed by atoms with Crippen LogP contribution in [-0.2, 0) is 6.61 Å². The Morgan fingerprint density at radius 1 is 1.24 bits per heavy atom. The van der Waals surface area contributed by atoms with Crippen molar-refractivity contribution in [3.05, 3.63) is 59.2 Å². The molecule has 0 aromatic heterocycles. The molecular formula is C15H12F2O4. The number of rotatable bonds is 5. The Morgan fingerprint density at radius 2 is 2.00 bits per heavy atom. The standard InChI is InChI=1S/C15H12F2O4/c1-20-13-4-2-3-11(15(18)19)14(13)21-8-9-5-6-10(16)7-12(9)17/h2-7H,8H2,1H3,(H,18,19). The number of hydrogen-bond acceptors (Lipinski definition) is 3. The van der Waals surface area contributed by atoms with Crippen LogP contribution in [0.5, 0.6) is 11.5 Å². The van der Waals surface area contributed by atoms with Crippen LogP contribution in [0.4, 0.5) is 8.78 Å². The van der Waals surface area contributed by atoms with Crippen molar-refractivity contribution >= 4 is 5.97 Å². The minimum absolute atomic E-state index is 0.00350. The summed E-state index contributed by atoms with van der Waals surface area (Å²) in [4.78, 5) is 11.2. The molecule has 6 heteroatoms. The van der Waals surface area contributed by atoms with Crippen molar-refractivity contribution in [2.24, 2.45) is 0 Å². The van der Waals surface area contributed by atoms with Crippen LogP contribution in [0.3, 0.4) is 0 Å². The van der Waals surface area contributed by atoms with Crippen LogP contribution in [0.1, 0.15) is 15.9 Å². The predicted octanol–water partition coefficient (Wildman–Crippen LogP) is 3.25. The second-order valence-corrected chi connectivity index (χ2v) is 4.17. The lowest BCUT2D eigenvalue weighted by Gasteiger charge is -2.13. The van der Waals surface area contributed by atoms with Gasteiger partial charge in [0.25, 0.3) is 0 Å². The number of halogens is 2. The van der Waals surface area contributed by atoms with E-state index in [9.17, 15) is 13.6 Å². The first-order valence-corrected chi connectivity index (χ1v) is 6.00. The van der Waals surface area contributed by atoms with Gasteiger partial charge in [-0.05, 0) is 24.3 Å². The Bertz CT molecular complexity index is 671. The molecule has 2 aromatic carbocycles. The van der Waals surface area contributed by atoms with Gasteiger partial charge in [-0.3, -0.25) is 0 Å². The summed E-state index contributed by atoms with van der Waals surface area (Å²) in [5.41, 5.74) is 0.00974. The molecule has 110 valence electrons. The van der Waals surface area contributed by atoms with E-state index < -0.39 is 17.6 Å². The molecule has 0 fully saturated rings. The summed E-state index contributed by atoms with van der Waals surface area (Å²) in [5, 5.41) is 9.11. The predicted molar refractivity (Wildman–Crippen MR) is 70.6 cm³/mol. The van der Waals surface area contributed by atoms with Crippen molar-refractivity contribution in [3.8, 4) is 11.5 Å². The maximum Gasteiger partial charge on any atom is 0.339 e. The summed E-state index contributed by atoms with van der Waals surface area (Å²) in [6.45, 7) is -0.243. The van der Waals surface area contributed by atoms with Crippen LogP contribution in [0.25, 0.3) is 0 Å². The third-order valence-electron chi connectivity index (χ3n) is 2.82. The summed E-state index contributed by atoms with van der Waals surface area (Å²) >= 11 is 0. The van der Waals surface area contributed by atoms with Gasteiger partial charge in [-0.2, -0.15) is 0 Å². The van der Waals surface area contributed by atoms with Gasteiger partial charge >= 0.3 is 5.97 Å². The van der Waals surface area contributed by atoms with Gasteiger partial charge in [0.15, 0.2) is 11.5 Å². The number of aromatic carboxylic acids is 1. The fourth-order valence-corrected chi connectivity index (χ4v) is 1.78. The Labute approximate surface area is 119 Å². The molecule has 0 radical (unpaired) electrons. The third kappa shape index (κ3) is 3.28. The van der Waals surface area contributed by atoms with E-state index >= 15 is 0 Å². The minimum Gasteiger partial charge on any atom is -0.493 e. The zero-order valence-electron chi connectivity index (χ0n) is 11.1. The second-order valence-electron chi connectivity index (χ2n) is 4.17. The molecule has 0 atom stereocenters. The first kappa shape index (κ1) is 14.8. The number of carboxylic acids is 1. The van der Waals surface area contributed by atoms with Gasteiger partial charge in [-0.25, -0.2) is 13.6 Å². The molecule has 4 nitrogen and oxygen atoms in total. The highest BCUT2D eigenvalue weighted by Gasteiger charge is 2.17. The summed E-state index contributed by atoms with van der Waals surface area (Å²) < 4.78 is 36.7. The maximum absolute atomic E-state index is 13.5. The Morgan fingerprint density at radius 3 is 2.62 bits per heavy atom. The lowest BCUT2D eigenvalue weighted by Crippen LogP contribution is -2.06. The molecule has 0 aliphatic rings. The number of methoxy groups -OCH3 is 1. The van der Waals surface area contributed by atoms with Crippen LogP contribution >= 0.6 is 0 Å². The van der Waals surface area contributed by atoms with Crippen molar-refractivity contribution in [1.82, 2.24) is 0 Å². The van der Waals surface area contributed by atoms with Gasteiger partial charge in [0.2, 0.25) is 0 Å². The number of carbonyl (C=O) groups is 1. The van der Waals surface area contributed by atoms with Crippen LogP contribution in [-0.4, -0.2) is 18.2 Å². The Balaban J connectivity index is 2.28. The van der Waals surface area contributed by atoms with Crippen molar-refractivity contribution in [3.63, 3.8) is 0 Å². The highest BCUT2D eigenvalue weighted by molar-refractivity contribution is 5.92. The largest absolute Gasteiger partial charge is 0.493 e. The first-order chi connectivity index (χ1) is 10.0. The summed E-state index contributed by atoms with van der Waals surface area (Å²) in [6.07, 6.45) is 0. The van der Waals surface area contributed by atoms with Crippen LogP contribution in [0, 0.1) is 11.6 Å². The summed E-state index contributed by atoms with van der Waals surface area (Å²) in [7, 11) is 1.37. The monoisotopic (exact) mass is 294 g/mol. The van der Waals surface area contributed by atoms with Crippen molar-refractivity contribution in [1.29, 1.82) is 0 Å². The highest BCUT2D eigenvalue weighted by Crippen LogP contribution is 2.32. The number of ether oxygens (including phenoxy) is 2. The molecule has 21 heavy (non-hydrogen) atoms. The van der Waals surface area contributed by atoms with E-state index in [1.165, 1.54) is 31.4 Å². The molecule has 2 aromatic rings. The molecule has 0 heterocycles. The van der Waals surface area contributed by atoms with E-state index in [1.54, 1.807) is 0 Å². The maximum atomic E-state index is 13.5. The molecule has 0 aliphatic carbocycles. The van der Waals surface area contributed by atoms with Gasteiger partial charge in [-0.15, -0.1) is 0 Å². The topological polar surface area (TPSA) is 55.8 Å². The number of para-hydroxylation sites is 1. The molecular weight excluding hydrogens is 282 g/mol. The molecule has 1 N–H and O–H groups in total. The number of hydrogen-bond donors (Lipinski definition) is 1. The van der Waals surface area contributed by atoms with Gasteiger partial charge in [0.1, 0.15) is 23.8 Å². The summed E-state index contributed by atoms with van der Waals surface area (Å²) in [6, 6.07) is 7.46. The van der Waals surface area contributed by atoms with Crippen molar-refractivity contribution in [2.75, 3.05) is 7.11 Å². The zero-order chi connectivity index (χ0) is 15.4. The average Bonchev–Trinajstić information content (AvgIpc) is 2.45. The van der Waals surface area contributed by atoms with Crippen molar-refractivity contribution in [2.45, 2.75) is 6.61 Å². The lowest BCUT2D eigenvalue weighted by atomic mass is 10.2. The molecule has 0 bridgehead atoms. The second kappa shape index (κ2) is 6.21. The Kier molecular flexibility index (Phi) is 4.37. The van der Waals surface area contributed by atoms with Crippen LogP contribution in [0.15, 0.2) is 36.4 Å². The van der Waals surface area contributed by atoms with E-state index in [1.807, 2.05) is 0 Å². The van der Waals surface area contributed by atoms with Crippen LogP contribution in [0.2, 0.25) is 0 Å². The van der Waals surface area contributed by atoms with Gasteiger partial charge in [0, 0.05) is 11.6 Å². The molecule has 0 spiro atoms. The lowest BCUT2D eigenvalue weighted by molar-refractivity contribution is 0.0691. The molecule has 0 aliphatic heterocycles. The van der Waals surface area contributed by atoms with E-state index in [-0.39, 0.29) is 29.2 Å². The number of carboxylic acid groups (broad SMARTS) is 1. The van der Waals surface area contributed by atoms with Crippen molar-refractivity contribution < 1.29 is 28.2 Å². The molecule has 2 rings (SSSR count). The van der Waals surface area contributed by atoms with E-state index in [2.05, 4.69) is 0 Å².